The molecule has 1 aliphatic rings. The minimum atomic E-state index is -3.62. The fourth-order valence-corrected chi connectivity index (χ4v) is 3.54. The van der Waals surface area contributed by atoms with Gasteiger partial charge in [0, 0.05) is 20.1 Å². The van der Waals surface area contributed by atoms with Gasteiger partial charge in [-0.2, -0.15) is 4.31 Å². The normalized spacial score (nSPS) is 18.3. The van der Waals surface area contributed by atoms with Gasteiger partial charge in [-0.1, -0.05) is 18.2 Å². The van der Waals surface area contributed by atoms with Crippen LogP contribution in [-0.2, 0) is 14.8 Å². The van der Waals surface area contributed by atoms with E-state index < -0.39 is 10.0 Å². The maximum atomic E-state index is 12.3. The van der Waals surface area contributed by atoms with Crippen molar-refractivity contribution in [2.75, 3.05) is 33.2 Å². The second-order valence-corrected chi connectivity index (χ2v) is 7.35. The van der Waals surface area contributed by atoms with Gasteiger partial charge in [-0.25, -0.2) is 8.42 Å². The minimum absolute atomic E-state index is 0. The Balaban J connectivity index is 0.00000242. The van der Waals surface area contributed by atoms with Crippen LogP contribution in [0.2, 0.25) is 0 Å². The fraction of sp³-hybridized carbons (Fsp3) is 0.500. The van der Waals surface area contributed by atoms with Gasteiger partial charge in [0.15, 0.2) is 0 Å². The van der Waals surface area contributed by atoms with Crippen molar-refractivity contribution in [1.82, 2.24) is 9.21 Å². The van der Waals surface area contributed by atoms with E-state index in [1.807, 2.05) is 0 Å². The Morgan fingerprint density at radius 2 is 2.00 bits per heavy atom. The summed E-state index contributed by atoms with van der Waals surface area (Å²) in [5.74, 6) is 0.151. The number of rotatable bonds is 5. The third kappa shape index (κ3) is 4.19. The summed E-state index contributed by atoms with van der Waals surface area (Å²) < 4.78 is 25.8. The van der Waals surface area contributed by atoms with Crippen LogP contribution in [0.25, 0.3) is 0 Å². The molecular formula is C14H22ClN3O3S. The van der Waals surface area contributed by atoms with Crippen LogP contribution in [-0.4, -0.2) is 56.8 Å². The van der Waals surface area contributed by atoms with Crippen molar-refractivity contribution in [3.8, 4) is 0 Å². The first-order valence-electron chi connectivity index (χ1n) is 6.94. The van der Waals surface area contributed by atoms with E-state index in [4.69, 9.17) is 5.73 Å². The molecule has 1 aromatic rings. The van der Waals surface area contributed by atoms with Crippen molar-refractivity contribution in [3.63, 3.8) is 0 Å². The van der Waals surface area contributed by atoms with Crippen molar-refractivity contribution in [2.24, 2.45) is 11.7 Å². The number of likely N-dealkylation sites (N-methyl/N-ethyl adjacent to an activating group) is 1. The Hall–Kier alpha value is -1.15. The van der Waals surface area contributed by atoms with Crippen molar-refractivity contribution >= 4 is 28.3 Å². The van der Waals surface area contributed by atoms with Crippen LogP contribution in [0.1, 0.15) is 6.42 Å². The van der Waals surface area contributed by atoms with Gasteiger partial charge < -0.3 is 10.6 Å². The van der Waals surface area contributed by atoms with Gasteiger partial charge >= 0.3 is 0 Å². The summed E-state index contributed by atoms with van der Waals surface area (Å²) >= 11 is 0. The summed E-state index contributed by atoms with van der Waals surface area (Å²) in [5, 5.41) is 0. The first-order chi connectivity index (χ1) is 9.95. The number of carbonyl (C=O) groups is 1. The molecule has 0 aliphatic carbocycles. The molecule has 0 aromatic heterocycles. The van der Waals surface area contributed by atoms with Crippen molar-refractivity contribution in [2.45, 2.75) is 11.3 Å². The molecule has 1 saturated heterocycles. The monoisotopic (exact) mass is 347 g/mol. The van der Waals surface area contributed by atoms with Gasteiger partial charge in [0.05, 0.1) is 11.4 Å². The smallest absolute Gasteiger partial charge is 0.243 e. The molecule has 0 bridgehead atoms. The summed E-state index contributed by atoms with van der Waals surface area (Å²) in [4.78, 5) is 14.1. The van der Waals surface area contributed by atoms with Gasteiger partial charge in [-0.3, -0.25) is 4.79 Å². The predicted molar refractivity (Wildman–Crippen MR) is 87.2 cm³/mol. The number of hydrogen-bond donors (Lipinski definition) is 1. The van der Waals surface area contributed by atoms with Crippen LogP contribution >= 0.6 is 12.4 Å². The largest absolute Gasteiger partial charge is 0.341 e. The number of halogens is 1. The average Bonchev–Trinajstić information content (AvgIpc) is 2.97. The van der Waals surface area contributed by atoms with E-state index in [-0.39, 0.29) is 29.8 Å². The second-order valence-electron chi connectivity index (χ2n) is 5.30. The van der Waals surface area contributed by atoms with Crippen LogP contribution in [0.3, 0.4) is 0 Å². The molecule has 0 saturated carbocycles. The number of nitrogens with two attached hydrogens (primary N) is 1. The highest BCUT2D eigenvalue weighted by molar-refractivity contribution is 7.89. The van der Waals surface area contributed by atoms with E-state index in [1.54, 1.807) is 23.1 Å². The number of carbonyl (C=O) groups excluding carboxylic acids is 1. The van der Waals surface area contributed by atoms with Crippen LogP contribution in [0.15, 0.2) is 35.2 Å². The lowest BCUT2D eigenvalue weighted by Gasteiger charge is -2.21. The number of hydrogen-bond acceptors (Lipinski definition) is 4. The zero-order valence-electron chi connectivity index (χ0n) is 12.5. The first-order valence-corrected chi connectivity index (χ1v) is 8.38. The Morgan fingerprint density at radius 3 is 2.55 bits per heavy atom. The van der Waals surface area contributed by atoms with Crippen molar-refractivity contribution in [3.05, 3.63) is 30.3 Å². The van der Waals surface area contributed by atoms with E-state index in [0.29, 0.717) is 25.6 Å². The van der Waals surface area contributed by atoms with Crippen molar-refractivity contribution < 1.29 is 13.2 Å². The average molecular weight is 348 g/mol. The number of sulfonamides is 1. The van der Waals surface area contributed by atoms with Crippen molar-refractivity contribution in [1.29, 1.82) is 0 Å². The third-order valence-electron chi connectivity index (χ3n) is 3.78. The van der Waals surface area contributed by atoms with E-state index in [9.17, 15) is 13.2 Å². The molecule has 1 atom stereocenters. The Labute approximate surface area is 137 Å². The van der Waals surface area contributed by atoms with E-state index in [1.165, 1.54) is 19.2 Å². The Morgan fingerprint density at radius 1 is 1.36 bits per heavy atom. The first kappa shape index (κ1) is 18.9. The summed E-state index contributed by atoms with van der Waals surface area (Å²) in [6.07, 6.45) is 0.886. The molecule has 124 valence electrons. The fourth-order valence-electron chi connectivity index (χ4n) is 2.40. The zero-order valence-corrected chi connectivity index (χ0v) is 14.1. The predicted octanol–water partition coefficient (Wildman–Crippen LogP) is 0.536. The summed E-state index contributed by atoms with van der Waals surface area (Å²) in [5.41, 5.74) is 5.60. The maximum absolute atomic E-state index is 12.3. The highest BCUT2D eigenvalue weighted by Gasteiger charge is 2.29. The molecule has 2 N–H and O–H groups in total. The van der Waals surface area contributed by atoms with Gasteiger partial charge in [0.25, 0.3) is 0 Å². The lowest BCUT2D eigenvalue weighted by atomic mass is 10.1. The van der Waals surface area contributed by atoms with Gasteiger partial charge in [0.2, 0.25) is 15.9 Å². The quantitative estimate of drug-likeness (QED) is 0.842. The van der Waals surface area contributed by atoms with Crippen LogP contribution in [0.4, 0.5) is 0 Å². The van der Waals surface area contributed by atoms with Gasteiger partial charge in [-0.15, -0.1) is 12.4 Å². The molecule has 1 unspecified atom stereocenters. The SMILES string of the molecule is CN(CC(=O)N1CCC(CN)C1)S(=O)(=O)c1ccccc1.Cl. The molecule has 0 radical (unpaired) electrons. The summed E-state index contributed by atoms with van der Waals surface area (Å²) in [7, 11) is -2.19. The summed E-state index contributed by atoms with van der Waals surface area (Å²) in [6.45, 7) is 1.69. The molecule has 2 rings (SSSR count). The van der Waals surface area contributed by atoms with Crippen LogP contribution in [0, 0.1) is 5.92 Å². The topological polar surface area (TPSA) is 83.7 Å². The number of nitrogens with zero attached hydrogens (tertiary/aromatic N) is 2. The lowest BCUT2D eigenvalue weighted by molar-refractivity contribution is -0.130. The summed E-state index contributed by atoms with van der Waals surface area (Å²) in [6, 6.07) is 8.12. The Bertz CT molecular complexity index is 595. The molecule has 6 nitrogen and oxygen atoms in total. The van der Waals surface area contributed by atoms with E-state index in [2.05, 4.69) is 0 Å². The molecular weight excluding hydrogens is 326 g/mol. The second kappa shape index (κ2) is 7.92. The van der Waals surface area contributed by atoms with E-state index in [0.717, 1.165) is 10.7 Å². The Kier molecular flexibility index (Phi) is 6.80. The standard InChI is InChI=1S/C14H21N3O3S.ClH/c1-16(21(19,20)13-5-3-2-4-6-13)11-14(18)17-8-7-12(9-15)10-17;/h2-6,12H,7-11,15H2,1H3;1H. The third-order valence-corrected chi connectivity index (χ3v) is 5.60. The molecule has 22 heavy (non-hydrogen) atoms. The van der Waals surface area contributed by atoms with Crippen LogP contribution < -0.4 is 5.73 Å². The molecule has 1 amide bonds. The highest BCUT2D eigenvalue weighted by Crippen LogP contribution is 2.17. The molecule has 1 heterocycles. The van der Waals surface area contributed by atoms with Crippen LogP contribution in [0.5, 0.6) is 0 Å². The maximum Gasteiger partial charge on any atom is 0.243 e. The van der Waals surface area contributed by atoms with Gasteiger partial charge in [0.1, 0.15) is 0 Å². The molecule has 8 heteroatoms. The molecule has 1 aromatic carbocycles. The highest BCUT2D eigenvalue weighted by atomic mass is 35.5. The zero-order chi connectivity index (χ0) is 15.5. The number of amides is 1. The number of likely N-dealkylation sites (tertiary alicyclic amines) is 1. The molecule has 0 spiro atoms. The molecule has 1 aliphatic heterocycles. The van der Waals surface area contributed by atoms with Gasteiger partial charge in [-0.05, 0) is 31.0 Å². The lowest BCUT2D eigenvalue weighted by Crippen LogP contribution is -2.40. The molecule has 1 fully saturated rings. The number of benzene rings is 1. The minimum Gasteiger partial charge on any atom is -0.341 e. The van der Waals surface area contributed by atoms with E-state index >= 15 is 0 Å².